The predicted molar refractivity (Wildman–Crippen MR) is 35.8 cm³/mol. The monoisotopic (exact) mass is 154 g/mol. The molecule has 0 aliphatic heterocycles. The van der Waals surface area contributed by atoms with Crippen LogP contribution in [0.3, 0.4) is 0 Å². The molecule has 0 amide bonds. The minimum Gasteiger partial charge on any atom is -0.481 e. The van der Waals surface area contributed by atoms with Crippen molar-refractivity contribution in [2.45, 2.75) is 18.9 Å². The molecule has 0 saturated heterocycles. The van der Waals surface area contributed by atoms with Gasteiger partial charge in [0.1, 0.15) is 0 Å². The Balaban J connectivity index is 2.04. The van der Waals surface area contributed by atoms with E-state index in [0.29, 0.717) is 11.8 Å². The smallest absolute Gasteiger partial charge is 0.310 e. The van der Waals surface area contributed by atoms with Crippen LogP contribution in [0.15, 0.2) is 0 Å². The highest BCUT2D eigenvalue weighted by molar-refractivity contribution is 5.81. The van der Waals surface area contributed by atoms with Crippen molar-refractivity contribution in [3.63, 3.8) is 0 Å². The van der Waals surface area contributed by atoms with Crippen LogP contribution in [0.4, 0.5) is 0 Å². The van der Waals surface area contributed by atoms with E-state index < -0.39 is 11.4 Å². The van der Waals surface area contributed by atoms with Gasteiger partial charge in [0.25, 0.3) is 0 Å². The second-order valence-corrected chi connectivity index (χ2v) is 4.17. The fourth-order valence-electron chi connectivity index (χ4n) is 3.52. The lowest BCUT2D eigenvalue weighted by Crippen LogP contribution is -2.15. The van der Waals surface area contributed by atoms with Crippen molar-refractivity contribution < 1.29 is 15.0 Å². The molecule has 0 heterocycles. The van der Waals surface area contributed by atoms with Crippen LogP contribution >= 0.6 is 0 Å². The lowest BCUT2D eigenvalue weighted by molar-refractivity contribution is -0.144. The van der Waals surface area contributed by atoms with E-state index in [1.807, 2.05) is 0 Å². The Bertz CT molecular complexity index is 250. The van der Waals surface area contributed by atoms with Gasteiger partial charge in [-0.3, -0.25) is 4.79 Å². The fourth-order valence-corrected chi connectivity index (χ4v) is 3.52. The van der Waals surface area contributed by atoms with Gasteiger partial charge in [0.15, 0.2) is 0 Å². The van der Waals surface area contributed by atoms with Crippen LogP contribution < -0.4 is 0 Å². The third-order valence-electron chi connectivity index (χ3n) is 3.99. The highest BCUT2D eigenvalue weighted by Crippen LogP contribution is 2.78. The average molecular weight is 154 g/mol. The quantitative estimate of drug-likeness (QED) is 0.562. The van der Waals surface area contributed by atoms with Gasteiger partial charge in [-0.1, -0.05) is 0 Å². The minimum atomic E-state index is -0.674. The summed E-state index contributed by atoms with van der Waals surface area (Å²) in [5.74, 6) is 0.0673. The Labute approximate surface area is 64.0 Å². The van der Waals surface area contributed by atoms with Crippen LogP contribution in [0.1, 0.15) is 12.8 Å². The number of hydrogen-bond acceptors (Lipinski definition) is 2. The van der Waals surface area contributed by atoms with Crippen LogP contribution in [0.5, 0.6) is 0 Å². The standard InChI is InChI=1S/C8H10O3/c9-6-3-1-4-5(6)8(4,2-3)7(10)11/h3-6,9H,1-2H2,(H,10,11)/t3-,4?,5?,6-,8+/m0/s1. The van der Waals surface area contributed by atoms with E-state index >= 15 is 0 Å². The summed E-state index contributed by atoms with van der Waals surface area (Å²) in [6.45, 7) is 0. The molecule has 5 atom stereocenters. The molecule has 0 aromatic carbocycles. The molecular formula is C8H10O3. The van der Waals surface area contributed by atoms with Gasteiger partial charge >= 0.3 is 5.97 Å². The highest BCUT2D eigenvalue weighted by atomic mass is 16.4. The average Bonchev–Trinajstić information content (AvgIpc) is 2.32. The summed E-state index contributed by atoms with van der Waals surface area (Å²) in [5, 5.41) is 18.4. The van der Waals surface area contributed by atoms with Crippen molar-refractivity contribution in [3.8, 4) is 0 Å². The van der Waals surface area contributed by atoms with Crippen molar-refractivity contribution in [1.82, 2.24) is 0 Å². The topological polar surface area (TPSA) is 57.5 Å². The summed E-state index contributed by atoms with van der Waals surface area (Å²) < 4.78 is 0. The van der Waals surface area contributed by atoms with E-state index in [1.165, 1.54) is 0 Å². The summed E-state index contributed by atoms with van der Waals surface area (Å²) in [6.07, 6.45) is 1.40. The molecule has 4 fully saturated rings. The molecule has 0 spiro atoms. The molecular weight excluding hydrogens is 144 g/mol. The second kappa shape index (κ2) is 1.33. The normalized spacial score (nSPS) is 63.4. The molecule has 0 aromatic heterocycles. The fraction of sp³-hybridized carbons (Fsp3) is 0.875. The predicted octanol–water partition coefficient (Wildman–Crippen LogP) is 0.0879. The third-order valence-corrected chi connectivity index (χ3v) is 3.99. The largest absolute Gasteiger partial charge is 0.481 e. The Morgan fingerprint density at radius 2 is 2.27 bits per heavy atom. The van der Waals surface area contributed by atoms with Crippen LogP contribution in [0.25, 0.3) is 0 Å². The Morgan fingerprint density at radius 1 is 1.55 bits per heavy atom. The molecule has 60 valence electrons. The molecule has 4 rings (SSSR count). The van der Waals surface area contributed by atoms with Gasteiger partial charge in [0, 0.05) is 5.92 Å². The molecule has 0 aromatic rings. The minimum absolute atomic E-state index is 0.116. The summed E-state index contributed by atoms with van der Waals surface area (Å²) in [4.78, 5) is 10.8. The number of aliphatic carboxylic acids is 1. The molecule has 2 N–H and O–H groups in total. The van der Waals surface area contributed by atoms with Crippen molar-refractivity contribution in [2.24, 2.45) is 23.2 Å². The number of aliphatic hydroxyl groups excluding tert-OH is 1. The van der Waals surface area contributed by atoms with Crippen LogP contribution in [0.2, 0.25) is 0 Å². The van der Waals surface area contributed by atoms with Gasteiger partial charge in [-0.05, 0) is 24.7 Å². The molecule has 4 saturated carbocycles. The summed E-state index contributed by atoms with van der Waals surface area (Å²) in [6, 6.07) is 0. The molecule has 3 heteroatoms. The zero-order valence-corrected chi connectivity index (χ0v) is 6.03. The Morgan fingerprint density at radius 3 is 2.45 bits per heavy atom. The number of hydrogen-bond donors (Lipinski definition) is 2. The molecule has 4 bridgehead atoms. The van der Waals surface area contributed by atoms with Crippen molar-refractivity contribution >= 4 is 5.97 Å². The maximum Gasteiger partial charge on any atom is 0.310 e. The number of aliphatic hydroxyl groups is 1. The zero-order chi connectivity index (χ0) is 7.80. The van der Waals surface area contributed by atoms with E-state index in [9.17, 15) is 9.90 Å². The van der Waals surface area contributed by atoms with Gasteiger partial charge in [-0.25, -0.2) is 0 Å². The zero-order valence-electron chi connectivity index (χ0n) is 6.03. The van der Waals surface area contributed by atoms with Crippen molar-refractivity contribution in [1.29, 1.82) is 0 Å². The van der Waals surface area contributed by atoms with Crippen LogP contribution in [-0.4, -0.2) is 22.3 Å². The van der Waals surface area contributed by atoms with E-state index in [4.69, 9.17) is 5.11 Å². The summed E-state index contributed by atoms with van der Waals surface area (Å²) in [7, 11) is 0. The molecule has 11 heavy (non-hydrogen) atoms. The van der Waals surface area contributed by atoms with E-state index in [2.05, 4.69) is 0 Å². The van der Waals surface area contributed by atoms with E-state index in [0.717, 1.165) is 12.8 Å². The number of carbonyl (C=O) groups is 1. The van der Waals surface area contributed by atoms with Gasteiger partial charge in [-0.2, -0.15) is 0 Å². The van der Waals surface area contributed by atoms with Gasteiger partial charge in [0.05, 0.1) is 11.5 Å². The van der Waals surface area contributed by atoms with Gasteiger partial charge in [-0.15, -0.1) is 0 Å². The lowest BCUT2D eigenvalue weighted by Gasteiger charge is -2.03. The third kappa shape index (κ3) is 0.392. The first kappa shape index (κ1) is 6.00. The lowest BCUT2D eigenvalue weighted by atomic mass is 10.1. The first-order chi connectivity index (χ1) is 5.18. The number of carboxylic acid groups (broad SMARTS) is 1. The molecule has 4 aliphatic carbocycles. The van der Waals surface area contributed by atoms with Crippen molar-refractivity contribution in [3.05, 3.63) is 0 Å². The number of carboxylic acids is 1. The van der Waals surface area contributed by atoms with E-state index in [1.54, 1.807) is 0 Å². The molecule has 0 radical (unpaired) electrons. The Hall–Kier alpha value is -0.570. The maximum absolute atomic E-state index is 10.8. The molecule has 3 nitrogen and oxygen atoms in total. The van der Waals surface area contributed by atoms with Crippen LogP contribution in [-0.2, 0) is 4.79 Å². The van der Waals surface area contributed by atoms with Crippen molar-refractivity contribution in [2.75, 3.05) is 0 Å². The van der Waals surface area contributed by atoms with Gasteiger partial charge < -0.3 is 10.2 Å². The highest BCUT2D eigenvalue weighted by Gasteiger charge is 2.82. The second-order valence-electron chi connectivity index (χ2n) is 4.17. The number of rotatable bonds is 1. The molecule has 4 aliphatic rings. The van der Waals surface area contributed by atoms with E-state index in [-0.39, 0.29) is 12.0 Å². The summed E-state index contributed by atoms with van der Waals surface area (Å²) in [5.41, 5.74) is -0.468. The molecule has 2 unspecified atom stereocenters. The maximum atomic E-state index is 10.8. The SMILES string of the molecule is O=C(O)[C@]12C[C@@H]3CC1C2[C@H]3O. The van der Waals surface area contributed by atoms with Gasteiger partial charge in [0.2, 0.25) is 0 Å². The summed E-state index contributed by atoms with van der Waals surface area (Å²) >= 11 is 0. The first-order valence-corrected chi connectivity index (χ1v) is 4.09. The van der Waals surface area contributed by atoms with Crippen LogP contribution in [0, 0.1) is 23.2 Å². The Kier molecular flexibility index (Phi) is 0.727. The first-order valence-electron chi connectivity index (χ1n) is 4.09.